The van der Waals surface area contributed by atoms with E-state index in [0.29, 0.717) is 11.1 Å². The van der Waals surface area contributed by atoms with Crippen LogP contribution in [0.4, 0.5) is 0 Å². The SMILES string of the molecule is Oc1ccc(O)c(/C=N\N=C/c2cc(O)ccc2O)c1. The first kappa shape index (κ1) is 13.4. The van der Waals surface area contributed by atoms with Crippen LogP contribution in [0.25, 0.3) is 0 Å². The maximum Gasteiger partial charge on any atom is 0.124 e. The van der Waals surface area contributed by atoms with Gasteiger partial charge in [0.15, 0.2) is 0 Å². The van der Waals surface area contributed by atoms with E-state index in [1.54, 1.807) is 0 Å². The van der Waals surface area contributed by atoms with Crippen molar-refractivity contribution >= 4 is 12.4 Å². The molecule has 6 nitrogen and oxygen atoms in total. The third-order valence-corrected chi connectivity index (χ3v) is 2.48. The third-order valence-electron chi connectivity index (χ3n) is 2.48. The summed E-state index contributed by atoms with van der Waals surface area (Å²) < 4.78 is 0. The number of benzene rings is 2. The monoisotopic (exact) mass is 272 g/mol. The summed E-state index contributed by atoms with van der Waals surface area (Å²) in [7, 11) is 0. The van der Waals surface area contributed by atoms with Crippen LogP contribution >= 0.6 is 0 Å². The average Bonchev–Trinajstić information content (AvgIpc) is 2.42. The number of phenols is 4. The van der Waals surface area contributed by atoms with Crippen molar-refractivity contribution in [3.8, 4) is 23.0 Å². The van der Waals surface area contributed by atoms with Crippen LogP contribution in [0.2, 0.25) is 0 Å². The third kappa shape index (κ3) is 3.26. The maximum absolute atomic E-state index is 9.50. The molecule has 102 valence electrons. The maximum atomic E-state index is 9.50. The quantitative estimate of drug-likeness (QED) is 0.389. The molecule has 0 amide bonds. The Morgan fingerprint density at radius 2 is 1.05 bits per heavy atom. The van der Waals surface area contributed by atoms with Gasteiger partial charge >= 0.3 is 0 Å². The summed E-state index contributed by atoms with van der Waals surface area (Å²) in [5.41, 5.74) is 0.615. The molecule has 0 saturated carbocycles. The zero-order chi connectivity index (χ0) is 14.5. The molecule has 0 unspecified atom stereocenters. The Balaban J connectivity index is 2.15. The molecule has 0 aliphatic heterocycles. The van der Waals surface area contributed by atoms with Crippen molar-refractivity contribution in [2.45, 2.75) is 0 Å². The molecule has 0 spiro atoms. The zero-order valence-electron chi connectivity index (χ0n) is 10.3. The van der Waals surface area contributed by atoms with Gasteiger partial charge in [-0.15, -0.1) is 0 Å². The topological polar surface area (TPSA) is 106 Å². The molecular weight excluding hydrogens is 260 g/mol. The lowest BCUT2D eigenvalue weighted by molar-refractivity contribution is 0.459. The van der Waals surface area contributed by atoms with Crippen LogP contribution in [0.3, 0.4) is 0 Å². The molecule has 0 aliphatic rings. The molecule has 0 aliphatic carbocycles. The Kier molecular flexibility index (Phi) is 3.85. The second kappa shape index (κ2) is 5.75. The number of phenolic OH excluding ortho intramolecular Hbond substituents is 4. The second-order valence-corrected chi connectivity index (χ2v) is 3.98. The molecule has 20 heavy (non-hydrogen) atoms. The smallest absolute Gasteiger partial charge is 0.124 e. The Morgan fingerprint density at radius 1 is 0.650 bits per heavy atom. The summed E-state index contributed by atoms with van der Waals surface area (Å²) in [6, 6.07) is 8.03. The normalized spacial score (nSPS) is 11.4. The van der Waals surface area contributed by atoms with Crippen LogP contribution < -0.4 is 0 Å². The Morgan fingerprint density at radius 3 is 1.45 bits per heavy atom. The van der Waals surface area contributed by atoms with Gasteiger partial charge < -0.3 is 20.4 Å². The standard InChI is InChI=1S/C14H12N2O4/c17-11-1-3-13(19)9(5-11)7-15-16-8-10-6-12(18)2-4-14(10)20/h1-8,17-20H/b15-7-,16-8-. The molecular formula is C14H12N2O4. The number of aromatic hydroxyl groups is 4. The Hall–Kier alpha value is -3.02. The fourth-order valence-corrected chi connectivity index (χ4v) is 1.48. The summed E-state index contributed by atoms with van der Waals surface area (Å²) in [5.74, 6) is -0.0818. The highest BCUT2D eigenvalue weighted by Gasteiger charge is 2.00. The number of nitrogens with zero attached hydrogens (tertiary/aromatic N) is 2. The van der Waals surface area contributed by atoms with Gasteiger partial charge in [-0.05, 0) is 36.4 Å². The van der Waals surface area contributed by atoms with E-state index in [0.717, 1.165) is 0 Å². The molecule has 0 saturated heterocycles. The zero-order valence-corrected chi connectivity index (χ0v) is 10.3. The lowest BCUT2D eigenvalue weighted by Gasteiger charge is -1.98. The number of hydrogen-bond donors (Lipinski definition) is 4. The molecule has 0 aromatic heterocycles. The highest BCUT2D eigenvalue weighted by atomic mass is 16.3. The Labute approximate surface area is 114 Å². The summed E-state index contributed by atoms with van der Waals surface area (Å²) in [6.45, 7) is 0. The summed E-state index contributed by atoms with van der Waals surface area (Å²) in [5, 5.41) is 44.9. The molecule has 0 radical (unpaired) electrons. The Bertz CT molecular complexity index is 621. The molecule has 2 aromatic carbocycles. The summed E-state index contributed by atoms with van der Waals surface area (Å²) in [4.78, 5) is 0. The van der Waals surface area contributed by atoms with E-state index in [1.807, 2.05) is 0 Å². The van der Waals surface area contributed by atoms with E-state index in [-0.39, 0.29) is 23.0 Å². The molecule has 0 bridgehead atoms. The highest BCUT2D eigenvalue weighted by molar-refractivity contribution is 5.86. The van der Waals surface area contributed by atoms with Gasteiger partial charge in [-0.25, -0.2) is 0 Å². The van der Waals surface area contributed by atoms with Gasteiger partial charge in [0.05, 0.1) is 12.4 Å². The number of hydrogen-bond acceptors (Lipinski definition) is 6. The van der Waals surface area contributed by atoms with Crippen molar-refractivity contribution in [2.24, 2.45) is 10.2 Å². The predicted octanol–water partition coefficient (Wildman–Crippen LogP) is 1.96. The molecule has 2 rings (SSSR count). The van der Waals surface area contributed by atoms with Crippen molar-refractivity contribution in [1.82, 2.24) is 0 Å². The molecule has 4 N–H and O–H groups in total. The second-order valence-electron chi connectivity index (χ2n) is 3.98. The van der Waals surface area contributed by atoms with Crippen molar-refractivity contribution in [2.75, 3.05) is 0 Å². The minimum Gasteiger partial charge on any atom is -0.508 e. The van der Waals surface area contributed by atoms with Gasteiger partial charge in [-0.2, -0.15) is 10.2 Å². The fourth-order valence-electron chi connectivity index (χ4n) is 1.48. The lowest BCUT2D eigenvalue weighted by atomic mass is 10.2. The minimum absolute atomic E-state index is 0.00106. The van der Waals surface area contributed by atoms with Crippen LogP contribution in [0.1, 0.15) is 11.1 Å². The van der Waals surface area contributed by atoms with E-state index in [4.69, 9.17) is 0 Å². The van der Waals surface area contributed by atoms with E-state index in [9.17, 15) is 20.4 Å². The summed E-state index contributed by atoms with van der Waals surface area (Å²) in [6.07, 6.45) is 2.51. The van der Waals surface area contributed by atoms with Gasteiger partial charge in [-0.1, -0.05) is 0 Å². The minimum atomic E-state index is -0.0399. The van der Waals surface area contributed by atoms with Crippen molar-refractivity contribution < 1.29 is 20.4 Å². The molecule has 6 heteroatoms. The average molecular weight is 272 g/mol. The molecule has 0 heterocycles. The van der Waals surface area contributed by atoms with Crippen LogP contribution in [0.15, 0.2) is 46.6 Å². The first-order valence-corrected chi connectivity index (χ1v) is 5.66. The molecule has 2 aromatic rings. The van der Waals surface area contributed by atoms with Crippen LogP contribution in [-0.4, -0.2) is 32.9 Å². The van der Waals surface area contributed by atoms with Crippen molar-refractivity contribution in [3.63, 3.8) is 0 Å². The fraction of sp³-hybridized carbons (Fsp3) is 0. The predicted molar refractivity (Wildman–Crippen MR) is 74.7 cm³/mol. The van der Waals surface area contributed by atoms with Gasteiger partial charge in [0, 0.05) is 11.1 Å². The van der Waals surface area contributed by atoms with Crippen LogP contribution in [0, 0.1) is 0 Å². The van der Waals surface area contributed by atoms with E-state index in [2.05, 4.69) is 10.2 Å². The van der Waals surface area contributed by atoms with E-state index >= 15 is 0 Å². The number of rotatable bonds is 3. The van der Waals surface area contributed by atoms with Crippen LogP contribution in [0.5, 0.6) is 23.0 Å². The molecule has 0 fully saturated rings. The van der Waals surface area contributed by atoms with Gasteiger partial charge in [-0.3, -0.25) is 0 Å². The summed E-state index contributed by atoms with van der Waals surface area (Å²) >= 11 is 0. The largest absolute Gasteiger partial charge is 0.508 e. The lowest BCUT2D eigenvalue weighted by Crippen LogP contribution is -1.83. The van der Waals surface area contributed by atoms with Gasteiger partial charge in [0.1, 0.15) is 23.0 Å². The first-order chi connectivity index (χ1) is 9.56. The first-order valence-electron chi connectivity index (χ1n) is 5.66. The van der Waals surface area contributed by atoms with E-state index in [1.165, 1.54) is 48.8 Å². The van der Waals surface area contributed by atoms with E-state index < -0.39 is 0 Å². The highest BCUT2D eigenvalue weighted by Crippen LogP contribution is 2.21. The van der Waals surface area contributed by atoms with Crippen molar-refractivity contribution in [1.29, 1.82) is 0 Å². The van der Waals surface area contributed by atoms with Gasteiger partial charge in [0.25, 0.3) is 0 Å². The van der Waals surface area contributed by atoms with Gasteiger partial charge in [0.2, 0.25) is 0 Å². The molecule has 0 atom stereocenters. The van der Waals surface area contributed by atoms with Crippen molar-refractivity contribution in [3.05, 3.63) is 47.5 Å². The van der Waals surface area contributed by atoms with Crippen LogP contribution in [-0.2, 0) is 0 Å².